The number of aliphatic hydroxyl groups excluding tert-OH is 1. The van der Waals surface area contributed by atoms with E-state index in [0.717, 1.165) is 0 Å². The van der Waals surface area contributed by atoms with Crippen LogP contribution >= 0.6 is 23.2 Å². The first kappa shape index (κ1) is 15.0. The lowest BCUT2D eigenvalue weighted by atomic mass is 10.2. The second-order valence-corrected chi connectivity index (χ2v) is 4.69. The molecule has 0 aliphatic heterocycles. The van der Waals surface area contributed by atoms with E-state index >= 15 is 0 Å². The van der Waals surface area contributed by atoms with E-state index in [1.54, 1.807) is 31.2 Å². The van der Waals surface area contributed by atoms with Gasteiger partial charge in [-0.25, -0.2) is 0 Å². The van der Waals surface area contributed by atoms with Crippen molar-refractivity contribution in [2.24, 2.45) is 0 Å². The zero-order chi connectivity index (χ0) is 13.5. The van der Waals surface area contributed by atoms with Crippen LogP contribution < -0.4 is 5.32 Å². The summed E-state index contributed by atoms with van der Waals surface area (Å²) in [6.07, 6.45) is 3.10. The Hall–Kier alpha value is -1.03. The Morgan fingerprint density at radius 3 is 2.89 bits per heavy atom. The highest BCUT2D eigenvalue weighted by atomic mass is 35.5. The Labute approximate surface area is 116 Å². The third-order valence-corrected chi connectivity index (χ3v) is 3.09. The van der Waals surface area contributed by atoms with Crippen molar-refractivity contribution in [3.8, 4) is 0 Å². The molecule has 3 nitrogen and oxygen atoms in total. The highest BCUT2D eigenvalue weighted by Gasteiger charge is 2.02. The second-order valence-electron chi connectivity index (χ2n) is 3.91. The molecule has 0 aliphatic rings. The molecule has 0 fully saturated rings. The number of benzene rings is 1. The van der Waals surface area contributed by atoms with Gasteiger partial charge in [-0.15, -0.1) is 0 Å². The average Bonchev–Trinajstić information content (AvgIpc) is 2.30. The van der Waals surface area contributed by atoms with Crippen LogP contribution in [0.15, 0.2) is 24.3 Å². The SMILES string of the molecule is CC(O)CCNC(=O)C=Cc1cccc(Cl)c1Cl. The van der Waals surface area contributed by atoms with Gasteiger partial charge in [-0.3, -0.25) is 4.79 Å². The van der Waals surface area contributed by atoms with Gasteiger partial charge in [0.1, 0.15) is 0 Å². The predicted molar refractivity (Wildman–Crippen MR) is 74.8 cm³/mol. The van der Waals surface area contributed by atoms with E-state index in [4.69, 9.17) is 28.3 Å². The average molecular weight is 288 g/mol. The van der Waals surface area contributed by atoms with Crippen LogP contribution in [0.5, 0.6) is 0 Å². The molecule has 0 radical (unpaired) electrons. The van der Waals surface area contributed by atoms with Crippen molar-refractivity contribution in [1.29, 1.82) is 0 Å². The highest BCUT2D eigenvalue weighted by molar-refractivity contribution is 6.42. The Kier molecular flexibility index (Phi) is 6.19. The fourth-order valence-corrected chi connectivity index (χ4v) is 1.65. The molecular formula is C13H15Cl2NO2. The van der Waals surface area contributed by atoms with Gasteiger partial charge in [-0.1, -0.05) is 35.3 Å². The third-order valence-electron chi connectivity index (χ3n) is 2.26. The van der Waals surface area contributed by atoms with Crippen molar-refractivity contribution < 1.29 is 9.90 Å². The predicted octanol–water partition coefficient (Wildman–Crippen LogP) is 2.89. The maximum Gasteiger partial charge on any atom is 0.244 e. The van der Waals surface area contributed by atoms with Crippen molar-refractivity contribution in [1.82, 2.24) is 5.32 Å². The monoisotopic (exact) mass is 287 g/mol. The van der Waals surface area contributed by atoms with Gasteiger partial charge < -0.3 is 10.4 Å². The van der Waals surface area contributed by atoms with E-state index in [2.05, 4.69) is 5.32 Å². The molecular weight excluding hydrogens is 273 g/mol. The number of aliphatic hydroxyl groups is 1. The van der Waals surface area contributed by atoms with Gasteiger partial charge in [-0.2, -0.15) is 0 Å². The molecule has 1 aromatic rings. The number of carbonyl (C=O) groups is 1. The summed E-state index contributed by atoms with van der Waals surface area (Å²) in [6.45, 7) is 2.11. The molecule has 1 rings (SSSR count). The van der Waals surface area contributed by atoms with Gasteiger partial charge in [0.2, 0.25) is 5.91 Å². The van der Waals surface area contributed by atoms with E-state index in [-0.39, 0.29) is 5.91 Å². The van der Waals surface area contributed by atoms with E-state index < -0.39 is 6.10 Å². The fourth-order valence-electron chi connectivity index (χ4n) is 1.28. The zero-order valence-electron chi connectivity index (χ0n) is 9.99. The van der Waals surface area contributed by atoms with Gasteiger partial charge in [0.05, 0.1) is 16.1 Å². The zero-order valence-corrected chi connectivity index (χ0v) is 11.5. The van der Waals surface area contributed by atoms with Crippen LogP contribution in [0.1, 0.15) is 18.9 Å². The summed E-state index contributed by atoms with van der Waals surface area (Å²) in [4.78, 5) is 11.4. The number of halogens is 2. The Morgan fingerprint density at radius 1 is 1.50 bits per heavy atom. The number of hydrogen-bond donors (Lipinski definition) is 2. The standard InChI is InChI=1S/C13H15Cl2NO2/c1-9(17)7-8-16-12(18)6-5-10-3-2-4-11(14)13(10)15/h2-6,9,17H,7-8H2,1H3,(H,16,18). The van der Waals surface area contributed by atoms with Crippen LogP contribution in [-0.2, 0) is 4.79 Å². The van der Waals surface area contributed by atoms with Crippen LogP contribution in [0.4, 0.5) is 0 Å². The molecule has 98 valence electrons. The lowest BCUT2D eigenvalue weighted by molar-refractivity contribution is -0.116. The van der Waals surface area contributed by atoms with Crippen LogP contribution in [0, 0.1) is 0 Å². The maximum absolute atomic E-state index is 11.4. The molecule has 1 atom stereocenters. The summed E-state index contributed by atoms with van der Waals surface area (Å²) in [5.74, 6) is -0.230. The molecule has 1 amide bonds. The molecule has 1 aromatic carbocycles. The topological polar surface area (TPSA) is 49.3 Å². The number of carbonyl (C=O) groups excluding carboxylic acids is 1. The first-order valence-electron chi connectivity index (χ1n) is 5.58. The minimum Gasteiger partial charge on any atom is -0.393 e. The van der Waals surface area contributed by atoms with Gasteiger partial charge in [0.15, 0.2) is 0 Å². The number of nitrogens with one attached hydrogen (secondary N) is 1. The van der Waals surface area contributed by atoms with Gasteiger partial charge in [0, 0.05) is 12.6 Å². The van der Waals surface area contributed by atoms with Crippen molar-refractivity contribution in [3.63, 3.8) is 0 Å². The summed E-state index contributed by atoms with van der Waals surface area (Å²) in [6, 6.07) is 5.22. The minimum atomic E-state index is -0.420. The van der Waals surface area contributed by atoms with Gasteiger partial charge >= 0.3 is 0 Å². The molecule has 18 heavy (non-hydrogen) atoms. The van der Waals surface area contributed by atoms with Gasteiger partial charge in [0.25, 0.3) is 0 Å². The largest absolute Gasteiger partial charge is 0.393 e. The summed E-state index contributed by atoms with van der Waals surface area (Å²) in [7, 11) is 0. The summed E-state index contributed by atoms with van der Waals surface area (Å²) in [5, 5.41) is 12.6. The van der Waals surface area contributed by atoms with E-state index in [9.17, 15) is 4.79 Å². The molecule has 2 N–H and O–H groups in total. The molecule has 0 heterocycles. The maximum atomic E-state index is 11.4. The van der Waals surface area contributed by atoms with Crippen LogP contribution in [0.3, 0.4) is 0 Å². The lowest BCUT2D eigenvalue weighted by Crippen LogP contribution is -2.24. The van der Waals surface area contributed by atoms with Crippen molar-refractivity contribution in [2.45, 2.75) is 19.4 Å². The quantitative estimate of drug-likeness (QED) is 0.818. The Balaban J connectivity index is 2.53. The summed E-state index contributed by atoms with van der Waals surface area (Å²) in [5.41, 5.74) is 0.690. The smallest absolute Gasteiger partial charge is 0.244 e. The normalized spacial score (nSPS) is 12.7. The summed E-state index contributed by atoms with van der Waals surface area (Å²) >= 11 is 11.8. The van der Waals surface area contributed by atoms with E-state index in [1.165, 1.54) is 6.08 Å². The third kappa shape index (κ3) is 5.08. The molecule has 0 saturated heterocycles. The molecule has 0 spiro atoms. The van der Waals surface area contributed by atoms with E-state index in [1.807, 2.05) is 0 Å². The first-order chi connectivity index (χ1) is 8.50. The number of hydrogen-bond acceptors (Lipinski definition) is 2. The van der Waals surface area contributed by atoms with Crippen molar-refractivity contribution in [3.05, 3.63) is 39.9 Å². The van der Waals surface area contributed by atoms with Crippen LogP contribution in [-0.4, -0.2) is 23.7 Å². The number of rotatable bonds is 5. The molecule has 0 bridgehead atoms. The summed E-state index contributed by atoms with van der Waals surface area (Å²) < 4.78 is 0. The van der Waals surface area contributed by atoms with Crippen molar-refractivity contribution in [2.75, 3.05) is 6.54 Å². The second kappa shape index (κ2) is 7.41. The van der Waals surface area contributed by atoms with Gasteiger partial charge in [-0.05, 0) is 31.1 Å². The minimum absolute atomic E-state index is 0.230. The Morgan fingerprint density at radius 2 is 2.22 bits per heavy atom. The molecule has 5 heteroatoms. The lowest BCUT2D eigenvalue weighted by Gasteiger charge is -2.04. The number of amides is 1. The molecule has 1 unspecified atom stereocenters. The first-order valence-corrected chi connectivity index (χ1v) is 6.34. The molecule has 0 saturated carbocycles. The van der Waals surface area contributed by atoms with E-state index in [0.29, 0.717) is 28.6 Å². The fraction of sp³-hybridized carbons (Fsp3) is 0.308. The Bertz CT molecular complexity index is 445. The highest BCUT2D eigenvalue weighted by Crippen LogP contribution is 2.26. The van der Waals surface area contributed by atoms with Crippen LogP contribution in [0.25, 0.3) is 6.08 Å². The van der Waals surface area contributed by atoms with Crippen molar-refractivity contribution >= 4 is 35.2 Å². The molecule has 0 aromatic heterocycles. The van der Waals surface area contributed by atoms with Crippen LogP contribution in [0.2, 0.25) is 10.0 Å². The molecule has 0 aliphatic carbocycles.